The number of hydrogen-bond donors (Lipinski definition) is 1. The van der Waals surface area contributed by atoms with Crippen molar-refractivity contribution in [2.75, 3.05) is 29.8 Å². The summed E-state index contributed by atoms with van der Waals surface area (Å²) in [5, 5.41) is 0.0350. The SMILES string of the molecule is CN1CCOc2cc(COc3nc4ccccc4nc3NS(=O)(=O)c3cccc(Cl)c3Cl)ccc21. The van der Waals surface area contributed by atoms with E-state index in [0.717, 1.165) is 23.5 Å². The Labute approximate surface area is 212 Å². The Balaban J connectivity index is 1.48. The smallest absolute Gasteiger partial charge is 0.264 e. The van der Waals surface area contributed by atoms with E-state index in [1.165, 1.54) is 18.2 Å². The van der Waals surface area contributed by atoms with Gasteiger partial charge >= 0.3 is 0 Å². The van der Waals surface area contributed by atoms with Crippen LogP contribution in [-0.4, -0.2) is 38.6 Å². The molecule has 11 heteroatoms. The quantitative estimate of drug-likeness (QED) is 0.368. The van der Waals surface area contributed by atoms with Gasteiger partial charge < -0.3 is 14.4 Å². The van der Waals surface area contributed by atoms with Crippen molar-refractivity contribution in [1.29, 1.82) is 0 Å². The van der Waals surface area contributed by atoms with E-state index in [9.17, 15) is 8.42 Å². The molecule has 3 aromatic carbocycles. The van der Waals surface area contributed by atoms with Gasteiger partial charge in [0.1, 0.15) is 23.9 Å². The van der Waals surface area contributed by atoms with Crippen LogP contribution in [0.2, 0.25) is 10.0 Å². The van der Waals surface area contributed by atoms with Crippen molar-refractivity contribution >= 4 is 55.8 Å². The minimum atomic E-state index is -4.13. The first-order valence-corrected chi connectivity index (χ1v) is 12.9. The van der Waals surface area contributed by atoms with E-state index in [-0.39, 0.29) is 33.2 Å². The van der Waals surface area contributed by atoms with Crippen molar-refractivity contribution in [1.82, 2.24) is 9.97 Å². The maximum Gasteiger partial charge on any atom is 0.264 e. The number of sulfonamides is 1. The van der Waals surface area contributed by atoms with Gasteiger partial charge in [-0.05, 0) is 42.0 Å². The van der Waals surface area contributed by atoms with Crippen LogP contribution in [0.5, 0.6) is 11.6 Å². The fourth-order valence-corrected chi connectivity index (χ4v) is 5.43. The lowest BCUT2D eigenvalue weighted by molar-refractivity contribution is 0.290. The highest BCUT2D eigenvalue weighted by Gasteiger charge is 2.23. The number of nitrogens with one attached hydrogen (secondary N) is 1. The van der Waals surface area contributed by atoms with E-state index in [1.54, 1.807) is 18.2 Å². The van der Waals surface area contributed by atoms with Gasteiger partial charge in [0, 0.05) is 7.05 Å². The lowest BCUT2D eigenvalue weighted by Crippen LogP contribution is -2.28. The third-order valence-electron chi connectivity index (χ3n) is 5.47. The fourth-order valence-electron chi connectivity index (χ4n) is 3.67. The van der Waals surface area contributed by atoms with Crippen LogP contribution < -0.4 is 19.1 Å². The maximum absolute atomic E-state index is 13.1. The van der Waals surface area contributed by atoms with Gasteiger partial charge in [-0.3, -0.25) is 4.72 Å². The summed E-state index contributed by atoms with van der Waals surface area (Å²) in [7, 11) is -2.13. The number of aromatic nitrogens is 2. The second-order valence-corrected chi connectivity index (χ2v) is 10.3. The average Bonchev–Trinajstić information content (AvgIpc) is 2.84. The lowest BCUT2D eigenvalue weighted by atomic mass is 10.1. The van der Waals surface area contributed by atoms with Crippen LogP contribution in [-0.2, 0) is 16.6 Å². The van der Waals surface area contributed by atoms with Gasteiger partial charge in [-0.2, -0.15) is 0 Å². The van der Waals surface area contributed by atoms with Gasteiger partial charge in [-0.25, -0.2) is 18.4 Å². The molecule has 1 N–H and O–H groups in total. The molecule has 0 radical (unpaired) electrons. The van der Waals surface area contributed by atoms with E-state index in [4.69, 9.17) is 32.7 Å². The second kappa shape index (κ2) is 9.41. The molecule has 35 heavy (non-hydrogen) atoms. The third-order valence-corrected chi connectivity index (χ3v) is 7.78. The summed E-state index contributed by atoms with van der Waals surface area (Å²) in [6.45, 7) is 1.54. The molecule has 5 rings (SSSR count). The number of likely N-dealkylation sites (N-methyl/N-ethyl adjacent to an activating group) is 1. The summed E-state index contributed by atoms with van der Waals surface area (Å²) in [5.41, 5.74) is 2.89. The van der Waals surface area contributed by atoms with Gasteiger partial charge in [-0.1, -0.05) is 47.5 Å². The number of anilines is 2. The molecule has 0 bridgehead atoms. The number of benzene rings is 3. The highest BCUT2D eigenvalue weighted by molar-refractivity contribution is 7.92. The Kier molecular flexibility index (Phi) is 6.31. The number of hydrogen-bond acceptors (Lipinski definition) is 7. The minimum Gasteiger partial charge on any atom is -0.490 e. The molecule has 1 aliphatic heterocycles. The van der Waals surface area contributed by atoms with Crippen molar-refractivity contribution < 1.29 is 17.9 Å². The number of ether oxygens (including phenoxy) is 2. The Hall–Kier alpha value is -3.27. The number of fused-ring (bicyclic) bond motifs is 2. The molecule has 0 atom stereocenters. The van der Waals surface area contributed by atoms with Crippen LogP contribution in [0.4, 0.5) is 11.5 Å². The van der Waals surface area contributed by atoms with Crippen molar-refractivity contribution in [2.45, 2.75) is 11.5 Å². The largest absolute Gasteiger partial charge is 0.490 e. The van der Waals surface area contributed by atoms with E-state index in [2.05, 4.69) is 19.6 Å². The molecule has 0 amide bonds. The molecular weight excluding hydrogens is 511 g/mol. The van der Waals surface area contributed by atoms with Gasteiger partial charge in [0.25, 0.3) is 15.9 Å². The summed E-state index contributed by atoms with van der Waals surface area (Å²) in [6.07, 6.45) is 0. The normalized spacial score (nSPS) is 13.3. The molecule has 0 spiro atoms. The molecule has 180 valence electrons. The summed E-state index contributed by atoms with van der Waals surface area (Å²) < 4.78 is 40.4. The van der Waals surface area contributed by atoms with Crippen LogP contribution in [0, 0.1) is 0 Å². The Morgan fingerprint density at radius 2 is 1.83 bits per heavy atom. The molecule has 0 unspecified atom stereocenters. The van der Waals surface area contributed by atoms with Crippen molar-refractivity contribution in [3.8, 4) is 11.6 Å². The maximum atomic E-state index is 13.1. The number of nitrogens with zero attached hydrogens (tertiary/aromatic N) is 3. The highest BCUT2D eigenvalue weighted by Crippen LogP contribution is 2.34. The molecule has 1 aliphatic rings. The van der Waals surface area contributed by atoms with E-state index >= 15 is 0 Å². The Bertz CT molecular complexity index is 1530. The first kappa shape index (κ1) is 23.5. The van der Waals surface area contributed by atoms with E-state index in [0.29, 0.717) is 17.6 Å². The zero-order valence-electron chi connectivity index (χ0n) is 18.5. The fraction of sp³-hybridized carbons (Fsp3) is 0.167. The van der Waals surface area contributed by atoms with Gasteiger partial charge in [0.15, 0.2) is 0 Å². The zero-order chi connectivity index (χ0) is 24.6. The minimum absolute atomic E-state index is 0.0289. The van der Waals surface area contributed by atoms with Gasteiger partial charge in [-0.15, -0.1) is 0 Å². The van der Waals surface area contributed by atoms with Gasteiger partial charge in [0.05, 0.1) is 33.3 Å². The molecule has 8 nitrogen and oxygen atoms in total. The molecular formula is C24H20Cl2N4O4S. The predicted octanol–water partition coefficient (Wildman–Crippen LogP) is 5.15. The first-order valence-electron chi connectivity index (χ1n) is 10.6. The molecule has 0 saturated heterocycles. The molecule has 2 heterocycles. The summed E-state index contributed by atoms with van der Waals surface area (Å²) in [5.74, 6) is 0.732. The number of rotatable bonds is 6. The van der Waals surface area contributed by atoms with Crippen LogP contribution in [0.1, 0.15) is 5.56 Å². The predicted molar refractivity (Wildman–Crippen MR) is 136 cm³/mol. The van der Waals surface area contributed by atoms with Crippen molar-refractivity contribution in [3.63, 3.8) is 0 Å². The Morgan fingerprint density at radius 3 is 2.63 bits per heavy atom. The number of para-hydroxylation sites is 2. The first-order chi connectivity index (χ1) is 16.8. The van der Waals surface area contributed by atoms with Crippen LogP contribution in [0.3, 0.4) is 0 Å². The third kappa shape index (κ3) is 4.80. The summed E-state index contributed by atoms with van der Waals surface area (Å²) >= 11 is 12.2. The molecule has 0 aliphatic carbocycles. The molecule has 4 aromatic rings. The van der Waals surface area contributed by atoms with E-state index in [1.807, 2.05) is 31.3 Å². The lowest BCUT2D eigenvalue weighted by Gasteiger charge is -2.28. The summed E-state index contributed by atoms with van der Waals surface area (Å²) in [4.78, 5) is 10.9. The van der Waals surface area contributed by atoms with Crippen LogP contribution in [0.15, 0.2) is 65.6 Å². The average molecular weight is 531 g/mol. The van der Waals surface area contributed by atoms with Gasteiger partial charge in [0.2, 0.25) is 5.82 Å². The molecule has 0 saturated carbocycles. The van der Waals surface area contributed by atoms with Crippen LogP contribution >= 0.6 is 23.2 Å². The molecule has 0 fully saturated rings. The van der Waals surface area contributed by atoms with E-state index < -0.39 is 10.0 Å². The number of halogens is 2. The standard InChI is InChI=1S/C24H20Cl2N4O4S/c1-30-11-12-33-20-13-15(9-10-19(20)30)14-34-24-23(27-17-6-2-3-7-18(17)28-24)29-35(31,32)21-8-4-5-16(25)22(21)26/h2-10,13H,11-12,14H2,1H3,(H,27,29). The second-order valence-electron chi connectivity index (χ2n) is 7.88. The topological polar surface area (TPSA) is 93.7 Å². The highest BCUT2D eigenvalue weighted by atomic mass is 35.5. The monoisotopic (exact) mass is 530 g/mol. The van der Waals surface area contributed by atoms with Crippen molar-refractivity contribution in [3.05, 3.63) is 76.3 Å². The van der Waals surface area contributed by atoms with Crippen LogP contribution in [0.25, 0.3) is 11.0 Å². The Morgan fingerprint density at radius 1 is 1.06 bits per heavy atom. The van der Waals surface area contributed by atoms with Crippen molar-refractivity contribution in [2.24, 2.45) is 0 Å². The molecule has 1 aromatic heterocycles. The summed E-state index contributed by atoms with van der Waals surface area (Å²) in [6, 6.07) is 17.2. The zero-order valence-corrected chi connectivity index (χ0v) is 20.9.